The Bertz CT molecular complexity index is 650. The highest BCUT2D eigenvalue weighted by atomic mass is 16.5. The summed E-state index contributed by atoms with van der Waals surface area (Å²) in [6.45, 7) is 0.548. The van der Waals surface area contributed by atoms with Crippen LogP contribution in [-0.4, -0.2) is 19.2 Å². The van der Waals surface area contributed by atoms with E-state index in [9.17, 15) is 0 Å². The third kappa shape index (κ3) is 2.20. The highest BCUT2D eigenvalue weighted by molar-refractivity contribution is 5.81. The van der Waals surface area contributed by atoms with Gasteiger partial charge in [-0.3, -0.25) is 4.98 Å². The largest absolute Gasteiger partial charge is 0.493 e. The molecule has 0 amide bonds. The molecular weight excluding hydrogens is 254 g/mol. The van der Waals surface area contributed by atoms with Crippen LogP contribution in [0.15, 0.2) is 36.7 Å². The van der Waals surface area contributed by atoms with Gasteiger partial charge in [-0.1, -0.05) is 0 Å². The molecule has 1 aliphatic heterocycles. The van der Waals surface area contributed by atoms with Crippen molar-refractivity contribution in [2.24, 2.45) is 0 Å². The molecule has 20 heavy (non-hydrogen) atoms. The van der Waals surface area contributed by atoms with Crippen LogP contribution in [0.25, 0.3) is 11.8 Å². The molecule has 0 aliphatic carbocycles. The number of methoxy groups -OCH3 is 2. The fraction of sp³-hybridized carbons (Fsp3) is 0.188. The Morgan fingerprint density at radius 1 is 1.10 bits per heavy atom. The molecule has 0 spiro atoms. The molecular formula is C16H15NO3. The lowest BCUT2D eigenvalue weighted by atomic mass is 10.1. The van der Waals surface area contributed by atoms with Gasteiger partial charge in [-0.25, -0.2) is 0 Å². The van der Waals surface area contributed by atoms with Gasteiger partial charge in [0.05, 0.1) is 14.2 Å². The molecule has 0 unspecified atom stereocenters. The topological polar surface area (TPSA) is 40.6 Å². The van der Waals surface area contributed by atoms with Crippen LogP contribution in [0.1, 0.15) is 16.7 Å². The molecule has 1 aliphatic rings. The molecule has 1 aromatic heterocycles. The molecule has 4 nitrogen and oxygen atoms in total. The molecule has 2 heterocycles. The van der Waals surface area contributed by atoms with Gasteiger partial charge in [-0.2, -0.15) is 0 Å². The number of rotatable bonds is 3. The van der Waals surface area contributed by atoms with Crippen LogP contribution in [0, 0.1) is 0 Å². The van der Waals surface area contributed by atoms with E-state index in [-0.39, 0.29) is 0 Å². The zero-order valence-electron chi connectivity index (χ0n) is 11.4. The third-order valence-corrected chi connectivity index (χ3v) is 3.26. The minimum absolute atomic E-state index is 0.548. The Hall–Kier alpha value is -2.49. The first-order chi connectivity index (χ1) is 9.81. The van der Waals surface area contributed by atoms with Crippen LogP contribution in [0.3, 0.4) is 0 Å². The van der Waals surface area contributed by atoms with Gasteiger partial charge in [0.25, 0.3) is 0 Å². The van der Waals surface area contributed by atoms with Crippen molar-refractivity contribution in [3.05, 3.63) is 53.3 Å². The summed E-state index contributed by atoms with van der Waals surface area (Å²) in [4.78, 5) is 4.01. The smallest absolute Gasteiger partial charge is 0.161 e. The quantitative estimate of drug-likeness (QED) is 0.858. The molecule has 1 aromatic carbocycles. The number of nitrogens with zero attached hydrogens (tertiary/aromatic N) is 1. The van der Waals surface area contributed by atoms with Crippen molar-refractivity contribution in [3.8, 4) is 11.5 Å². The van der Waals surface area contributed by atoms with Gasteiger partial charge < -0.3 is 14.2 Å². The second-order valence-electron chi connectivity index (χ2n) is 4.44. The van der Waals surface area contributed by atoms with E-state index in [0.29, 0.717) is 12.4 Å². The van der Waals surface area contributed by atoms with Crippen LogP contribution >= 0.6 is 0 Å². The summed E-state index contributed by atoms with van der Waals surface area (Å²) < 4.78 is 16.4. The average Bonchev–Trinajstić information content (AvgIpc) is 2.89. The maximum atomic E-state index is 5.76. The molecule has 2 aromatic rings. The van der Waals surface area contributed by atoms with E-state index >= 15 is 0 Å². The van der Waals surface area contributed by atoms with Crippen LogP contribution < -0.4 is 9.47 Å². The van der Waals surface area contributed by atoms with Crippen molar-refractivity contribution in [1.82, 2.24) is 4.98 Å². The highest BCUT2D eigenvalue weighted by Gasteiger charge is 2.21. The van der Waals surface area contributed by atoms with Crippen molar-refractivity contribution in [2.75, 3.05) is 14.2 Å². The Morgan fingerprint density at radius 3 is 2.50 bits per heavy atom. The van der Waals surface area contributed by atoms with E-state index < -0.39 is 0 Å². The van der Waals surface area contributed by atoms with E-state index in [2.05, 4.69) is 4.98 Å². The summed E-state index contributed by atoms with van der Waals surface area (Å²) in [6, 6.07) is 7.79. The Kier molecular flexibility index (Phi) is 3.29. The number of ether oxygens (including phenoxy) is 3. The summed E-state index contributed by atoms with van der Waals surface area (Å²) in [5, 5.41) is 0. The maximum absolute atomic E-state index is 5.76. The lowest BCUT2D eigenvalue weighted by molar-refractivity contribution is 0.287. The van der Waals surface area contributed by atoms with Gasteiger partial charge in [0.15, 0.2) is 11.5 Å². The Balaban J connectivity index is 2.04. The van der Waals surface area contributed by atoms with Crippen molar-refractivity contribution >= 4 is 11.8 Å². The van der Waals surface area contributed by atoms with E-state index in [4.69, 9.17) is 14.2 Å². The molecule has 0 bridgehead atoms. The second-order valence-corrected chi connectivity index (χ2v) is 4.44. The maximum Gasteiger partial charge on any atom is 0.161 e. The number of benzene rings is 1. The lowest BCUT2D eigenvalue weighted by Gasteiger charge is -2.09. The van der Waals surface area contributed by atoms with E-state index in [1.807, 2.05) is 30.3 Å². The number of aromatic nitrogens is 1. The Labute approximate surface area is 117 Å². The minimum atomic E-state index is 0.548. The summed E-state index contributed by atoms with van der Waals surface area (Å²) in [7, 11) is 3.26. The third-order valence-electron chi connectivity index (χ3n) is 3.26. The Morgan fingerprint density at radius 2 is 1.80 bits per heavy atom. The number of hydrogen-bond donors (Lipinski definition) is 0. The molecule has 0 saturated carbocycles. The van der Waals surface area contributed by atoms with Crippen LogP contribution in [0.2, 0.25) is 0 Å². The molecule has 0 fully saturated rings. The van der Waals surface area contributed by atoms with Crippen molar-refractivity contribution in [3.63, 3.8) is 0 Å². The number of fused-ring (bicyclic) bond motifs is 1. The second kappa shape index (κ2) is 5.25. The number of hydrogen-bond acceptors (Lipinski definition) is 4. The molecule has 0 saturated heterocycles. The first-order valence-corrected chi connectivity index (χ1v) is 6.31. The molecule has 0 radical (unpaired) electrons. The predicted molar refractivity (Wildman–Crippen MR) is 76.4 cm³/mol. The summed E-state index contributed by atoms with van der Waals surface area (Å²) in [5.41, 5.74) is 3.19. The fourth-order valence-corrected chi connectivity index (χ4v) is 2.23. The van der Waals surface area contributed by atoms with Gasteiger partial charge in [0.1, 0.15) is 12.4 Å². The SMILES string of the molecule is COc1cc2c(cc1OC)C(=Cc1ccncc1)OC2. The number of pyridine rings is 1. The van der Waals surface area contributed by atoms with E-state index in [1.165, 1.54) is 0 Å². The molecule has 0 atom stereocenters. The normalized spacial score (nSPS) is 14.8. The molecule has 4 heteroatoms. The average molecular weight is 269 g/mol. The molecule has 3 rings (SSSR count). The monoisotopic (exact) mass is 269 g/mol. The fourth-order valence-electron chi connectivity index (χ4n) is 2.23. The zero-order chi connectivity index (χ0) is 13.9. The van der Waals surface area contributed by atoms with Crippen LogP contribution in [-0.2, 0) is 11.3 Å². The van der Waals surface area contributed by atoms with Crippen molar-refractivity contribution in [1.29, 1.82) is 0 Å². The van der Waals surface area contributed by atoms with Gasteiger partial charge >= 0.3 is 0 Å². The standard InChI is InChI=1S/C16H15NO3/c1-18-15-8-12-10-20-14(13(12)9-16(15)19-2)7-11-3-5-17-6-4-11/h3-9H,10H2,1-2H3. The first-order valence-electron chi connectivity index (χ1n) is 6.31. The van der Waals surface area contributed by atoms with E-state index in [1.54, 1.807) is 26.6 Å². The first kappa shape index (κ1) is 12.5. The highest BCUT2D eigenvalue weighted by Crippen LogP contribution is 2.39. The van der Waals surface area contributed by atoms with Gasteiger partial charge in [-0.15, -0.1) is 0 Å². The summed E-state index contributed by atoms with van der Waals surface area (Å²) in [5.74, 6) is 2.27. The summed E-state index contributed by atoms with van der Waals surface area (Å²) >= 11 is 0. The molecule has 102 valence electrons. The van der Waals surface area contributed by atoms with Gasteiger partial charge in [0.2, 0.25) is 0 Å². The van der Waals surface area contributed by atoms with Crippen molar-refractivity contribution in [2.45, 2.75) is 6.61 Å². The van der Waals surface area contributed by atoms with Crippen LogP contribution in [0.4, 0.5) is 0 Å². The van der Waals surface area contributed by atoms with Crippen molar-refractivity contribution < 1.29 is 14.2 Å². The predicted octanol–water partition coefficient (Wildman–Crippen LogP) is 3.13. The minimum Gasteiger partial charge on any atom is -0.493 e. The molecule has 0 N–H and O–H groups in total. The lowest BCUT2D eigenvalue weighted by Crippen LogP contribution is -1.93. The van der Waals surface area contributed by atoms with E-state index in [0.717, 1.165) is 28.2 Å². The van der Waals surface area contributed by atoms with Gasteiger partial charge in [-0.05, 0) is 35.9 Å². The van der Waals surface area contributed by atoms with Crippen LogP contribution in [0.5, 0.6) is 11.5 Å². The summed E-state index contributed by atoms with van der Waals surface area (Å²) in [6.07, 6.45) is 5.52. The van der Waals surface area contributed by atoms with Gasteiger partial charge in [0, 0.05) is 23.5 Å². The zero-order valence-corrected chi connectivity index (χ0v) is 11.4.